The van der Waals surface area contributed by atoms with Crippen LogP contribution in [0.5, 0.6) is 5.75 Å². The molecule has 1 fully saturated rings. The van der Waals surface area contributed by atoms with E-state index in [4.69, 9.17) is 4.74 Å². The minimum Gasteiger partial charge on any atom is -0.497 e. The van der Waals surface area contributed by atoms with Crippen LogP contribution in [0, 0.1) is 0 Å². The monoisotopic (exact) mass is 425 g/mol. The molecule has 1 unspecified atom stereocenters. The lowest BCUT2D eigenvalue weighted by Gasteiger charge is -2.36. The molecule has 2 aromatic carbocycles. The van der Waals surface area contributed by atoms with Crippen molar-refractivity contribution in [1.29, 1.82) is 0 Å². The summed E-state index contributed by atoms with van der Waals surface area (Å²) in [6, 6.07) is 15.9. The predicted molar refractivity (Wildman–Crippen MR) is 127 cm³/mol. The van der Waals surface area contributed by atoms with Crippen LogP contribution in [-0.4, -0.2) is 76.3 Å². The second kappa shape index (κ2) is 11.0. The zero-order valence-electron chi connectivity index (χ0n) is 19.1. The molecule has 0 bridgehead atoms. The molecule has 2 amide bonds. The Morgan fingerprint density at radius 2 is 1.74 bits per heavy atom. The number of piperazine rings is 1. The van der Waals surface area contributed by atoms with E-state index in [1.807, 2.05) is 56.6 Å². The fraction of sp³-hybridized carbons (Fsp3) is 0.458. The standard InChI is InChI=1S/C24H35N5O2/c1-5-28-14-16-29(17-15-28)22-9-7-6-8-21(22)26-24(30)25-18-23(27(2)3)19-10-12-20(31-4)13-11-19/h6-13,23H,5,14-18H2,1-4H3,(H2,25,26,30). The van der Waals surface area contributed by atoms with E-state index < -0.39 is 0 Å². The summed E-state index contributed by atoms with van der Waals surface area (Å²) in [5, 5.41) is 6.09. The molecule has 1 aliphatic heterocycles. The summed E-state index contributed by atoms with van der Waals surface area (Å²) < 4.78 is 5.25. The van der Waals surface area contributed by atoms with Crippen LogP contribution < -0.4 is 20.3 Å². The Bertz CT molecular complexity index is 832. The number of carbonyl (C=O) groups is 1. The number of likely N-dealkylation sites (N-methyl/N-ethyl adjacent to an activating group) is 2. The van der Waals surface area contributed by atoms with Crippen molar-refractivity contribution in [2.24, 2.45) is 0 Å². The van der Waals surface area contributed by atoms with Crippen LogP contribution in [0.3, 0.4) is 0 Å². The van der Waals surface area contributed by atoms with Gasteiger partial charge in [-0.05, 0) is 50.5 Å². The molecule has 0 aliphatic carbocycles. The van der Waals surface area contributed by atoms with E-state index in [1.165, 1.54) is 0 Å². The van der Waals surface area contributed by atoms with Crippen molar-refractivity contribution >= 4 is 17.4 Å². The SMILES string of the molecule is CCN1CCN(c2ccccc2NC(=O)NCC(c2ccc(OC)cc2)N(C)C)CC1. The smallest absolute Gasteiger partial charge is 0.319 e. The van der Waals surface area contributed by atoms with Crippen LogP contribution in [0.4, 0.5) is 16.2 Å². The summed E-state index contributed by atoms with van der Waals surface area (Å²) in [5.41, 5.74) is 3.05. The van der Waals surface area contributed by atoms with Crippen LogP contribution in [0.25, 0.3) is 0 Å². The summed E-state index contributed by atoms with van der Waals surface area (Å²) in [5.74, 6) is 0.823. The van der Waals surface area contributed by atoms with Gasteiger partial charge < -0.3 is 30.1 Å². The third-order valence-corrected chi connectivity index (χ3v) is 5.89. The summed E-state index contributed by atoms with van der Waals surface area (Å²) in [6.07, 6.45) is 0. The number of carbonyl (C=O) groups excluding carboxylic acids is 1. The molecule has 0 saturated carbocycles. The number of methoxy groups -OCH3 is 1. The predicted octanol–water partition coefficient (Wildman–Crippen LogP) is 3.26. The van der Waals surface area contributed by atoms with E-state index in [0.717, 1.165) is 55.4 Å². The van der Waals surface area contributed by atoms with Crippen molar-refractivity contribution in [3.8, 4) is 5.75 Å². The maximum absolute atomic E-state index is 12.7. The number of benzene rings is 2. The van der Waals surface area contributed by atoms with Crippen LogP contribution in [-0.2, 0) is 0 Å². The van der Waals surface area contributed by atoms with E-state index >= 15 is 0 Å². The maximum atomic E-state index is 12.7. The lowest BCUT2D eigenvalue weighted by Crippen LogP contribution is -2.46. The number of nitrogens with zero attached hydrogens (tertiary/aromatic N) is 3. The second-order valence-corrected chi connectivity index (χ2v) is 8.03. The van der Waals surface area contributed by atoms with Gasteiger partial charge in [0.2, 0.25) is 0 Å². The molecular weight excluding hydrogens is 390 g/mol. The van der Waals surface area contributed by atoms with Gasteiger partial charge in [-0.1, -0.05) is 31.2 Å². The quantitative estimate of drug-likeness (QED) is 0.680. The van der Waals surface area contributed by atoms with E-state index in [0.29, 0.717) is 6.54 Å². The molecule has 0 aromatic heterocycles. The van der Waals surface area contributed by atoms with Crippen molar-refractivity contribution in [2.45, 2.75) is 13.0 Å². The Morgan fingerprint density at radius 1 is 1.06 bits per heavy atom. The molecule has 1 saturated heterocycles. The molecule has 2 N–H and O–H groups in total. The highest BCUT2D eigenvalue weighted by Gasteiger charge is 2.20. The van der Waals surface area contributed by atoms with Gasteiger partial charge >= 0.3 is 6.03 Å². The van der Waals surface area contributed by atoms with Gasteiger partial charge in [0.15, 0.2) is 0 Å². The zero-order chi connectivity index (χ0) is 22.2. The first kappa shape index (κ1) is 22.9. The molecule has 1 aliphatic rings. The summed E-state index contributed by atoms with van der Waals surface area (Å²) in [4.78, 5) is 19.6. The van der Waals surface area contributed by atoms with Crippen molar-refractivity contribution < 1.29 is 9.53 Å². The number of hydrogen-bond acceptors (Lipinski definition) is 5. The minimum absolute atomic E-state index is 0.0639. The average molecular weight is 426 g/mol. The van der Waals surface area contributed by atoms with Gasteiger partial charge in [0.1, 0.15) is 5.75 Å². The number of hydrogen-bond donors (Lipinski definition) is 2. The van der Waals surface area contributed by atoms with Crippen molar-refractivity contribution in [3.05, 3.63) is 54.1 Å². The topological polar surface area (TPSA) is 60.1 Å². The largest absolute Gasteiger partial charge is 0.497 e. The summed E-state index contributed by atoms with van der Waals surface area (Å²) in [7, 11) is 5.69. The first-order valence-corrected chi connectivity index (χ1v) is 10.9. The number of nitrogens with one attached hydrogen (secondary N) is 2. The lowest BCUT2D eigenvalue weighted by molar-refractivity contribution is 0.243. The van der Waals surface area contributed by atoms with Gasteiger partial charge in [-0.15, -0.1) is 0 Å². The number of para-hydroxylation sites is 2. The fourth-order valence-electron chi connectivity index (χ4n) is 3.94. The molecular formula is C24H35N5O2. The first-order valence-electron chi connectivity index (χ1n) is 10.9. The van der Waals surface area contributed by atoms with Crippen molar-refractivity contribution in [1.82, 2.24) is 15.1 Å². The summed E-state index contributed by atoms with van der Waals surface area (Å²) in [6.45, 7) is 7.80. The minimum atomic E-state index is -0.194. The van der Waals surface area contributed by atoms with Gasteiger partial charge in [-0.2, -0.15) is 0 Å². The Kier molecular flexibility index (Phi) is 8.14. The number of amides is 2. The average Bonchev–Trinajstić information content (AvgIpc) is 2.80. The fourth-order valence-corrected chi connectivity index (χ4v) is 3.94. The highest BCUT2D eigenvalue weighted by Crippen LogP contribution is 2.27. The van der Waals surface area contributed by atoms with E-state index in [2.05, 4.69) is 38.3 Å². The number of anilines is 2. The molecule has 7 heteroatoms. The van der Waals surface area contributed by atoms with Gasteiger partial charge in [-0.3, -0.25) is 0 Å². The molecule has 168 valence electrons. The van der Waals surface area contributed by atoms with Crippen LogP contribution in [0.15, 0.2) is 48.5 Å². The molecule has 3 rings (SSSR count). The second-order valence-electron chi connectivity index (χ2n) is 8.03. The lowest BCUT2D eigenvalue weighted by atomic mass is 10.1. The molecule has 1 atom stereocenters. The molecule has 31 heavy (non-hydrogen) atoms. The Morgan fingerprint density at radius 3 is 2.35 bits per heavy atom. The third kappa shape index (κ3) is 6.12. The maximum Gasteiger partial charge on any atom is 0.319 e. The van der Waals surface area contributed by atoms with Crippen molar-refractivity contribution in [2.75, 3.05) is 70.7 Å². The summed E-state index contributed by atoms with van der Waals surface area (Å²) >= 11 is 0. The van der Waals surface area contributed by atoms with Gasteiger partial charge in [-0.25, -0.2) is 4.79 Å². The number of ether oxygens (including phenoxy) is 1. The van der Waals surface area contributed by atoms with Gasteiger partial charge in [0, 0.05) is 32.7 Å². The number of rotatable bonds is 8. The van der Waals surface area contributed by atoms with Gasteiger partial charge in [0.25, 0.3) is 0 Å². The van der Waals surface area contributed by atoms with Crippen LogP contribution in [0.1, 0.15) is 18.5 Å². The van der Waals surface area contributed by atoms with E-state index in [9.17, 15) is 4.79 Å². The van der Waals surface area contributed by atoms with E-state index in [-0.39, 0.29) is 12.1 Å². The van der Waals surface area contributed by atoms with Gasteiger partial charge in [0.05, 0.1) is 24.5 Å². The Labute approximate surface area is 186 Å². The normalized spacial score (nSPS) is 15.6. The number of urea groups is 1. The Hall–Kier alpha value is -2.77. The Balaban J connectivity index is 1.61. The highest BCUT2D eigenvalue weighted by atomic mass is 16.5. The van der Waals surface area contributed by atoms with Crippen LogP contribution in [0.2, 0.25) is 0 Å². The highest BCUT2D eigenvalue weighted by molar-refractivity contribution is 5.93. The first-order chi connectivity index (χ1) is 15.0. The molecule has 0 spiro atoms. The molecule has 1 heterocycles. The van der Waals surface area contributed by atoms with E-state index in [1.54, 1.807) is 7.11 Å². The van der Waals surface area contributed by atoms with Crippen LogP contribution >= 0.6 is 0 Å². The zero-order valence-corrected chi connectivity index (χ0v) is 19.1. The third-order valence-electron chi connectivity index (χ3n) is 5.89. The molecule has 0 radical (unpaired) electrons. The van der Waals surface area contributed by atoms with Crippen molar-refractivity contribution in [3.63, 3.8) is 0 Å². The molecule has 2 aromatic rings. The molecule has 7 nitrogen and oxygen atoms in total.